The molecule has 2 aromatic rings. The van der Waals surface area contributed by atoms with E-state index < -0.39 is 5.66 Å². The van der Waals surface area contributed by atoms with E-state index in [1.807, 2.05) is 55.5 Å². The van der Waals surface area contributed by atoms with E-state index in [4.69, 9.17) is 9.73 Å². The summed E-state index contributed by atoms with van der Waals surface area (Å²) in [5, 5.41) is 10.5. The predicted molar refractivity (Wildman–Crippen MR) is 178 cm³/mol. The third-order valence-corrected chi connectivity index (χ3v) is 9.50. The summed E-state index contributed by atoms with van der Waals surface area (Å²) >= 11 is 0. The zero-order valence-electron chi connectivity index (χ0n) is 28.0. The van der Waals surface area contributed by atoms with Crippen LogP contribution < -0.4 is 10.1 Å². The quantitative estimate of drug-likeness (QED) is 0.293. The fourth-order valence-electron chi connectivity index (χ4n) is 6.77. The molecule has 2 aromatic carbocycles. The number of amides is 2. The zero-order chi connectivity index (χ0) is 32.4. The van der Waals surface area contributed by atoms with E-state index in [2.05, 4.69) is 62.0 Å². The summed E-state index contributed by atoms with van der Waals surface area (Å²) in [5.74, 6) is 1.18. The van der Waals surface area contributed by atoms with Crippen LogP contribution in [0.5, 0.6) is 5.75 Å². The summed E-state index contributed by atoms with van der Waals surface area (Å²) in [7, 11) is 0. The number of azo groups is 1. The standard InChI is InChI=1S/C37H49N5O3/c1-8-45-30-15-13-26(14-16-30)32-34(44)42(37(40-32)21-17-28(18-22-37)36(5,6)7)31(19-20-35(2,3)4)25-9-11-27(12-10-25)33(43)38-23-29-24-39-41-29/h9-16,24,28,31H,8,17-23H2,1-7H3,(H,38,43). The van der Waals surface area contributed by atoms with Crippen molar-refractivity contribution in [2.75, 3.05) is 13.2 Å². The summed E-state index contributed by atoms with van der Waals surface area (Å²) in [6.45, 7) is 16.6. The maximum atomic E-state index is 14.6. The molecule has 45 heavy (non-hydrogen) atoms. The highest BCUT2D eigenvalue weighted by molar-refractivity contribution is 6.46. The minimum absolute atomic E-state index is 0.0166. The van der Waals surface area contributed by atoms with Gasteiger partial charge in [0, 0.05) is 11.1 Å². The Balaban J connectivity index is 1.49. The van der Waals surface area contributed by atoms with Gasteiger partial charge >= 0.3 is 0 Å². The third kappa shape index (κ3) is 7.37. The Hall–Kier alpha value is -3.81. The molecule has 5 rings (SSSR count). The summed E-state index contributed by atoms with van der Waals surface area (Å²) in [6, 6.07) is 15.3. The number of hydrogen-bond donors (Lipinski definition) is 1. The number of hydrogen-bond acceptors (Lipinski definition) is 6. The zero-order valence-corrected chi connectivity index (χ0v) is 28.0. The van der Waals surface area contributed by atoms with E-state index in [-0.39, 0.29) is 28.7 Å². The van der Waals surface area contributed by atoms with Crippen molar-refractivity contribution in [3.8, 4) is 5.75 Å². The number of carbonyl (C=O) groups is 2. The number of carbonyl (C=O) groups excluding carboxylic acids is 2. The molecule has 1 unspecified atom stereocenters. The molecular formula is C37H49N5O3. The second-order valence-electron chi connectivity index (χ2n) is 15.0. The molecule has 2 aliphatic heterocycles. The lowest BCUT2D eigenvalue weighted by Gasteiger charge is -2.47. The van der Waals surface area contributed by atoms with Gasteiger partial charge in [-0.1, -0.05) is 53.7 Å². The molecule has 8 nitrogen and oxygen atoms in total. The summed E-state index contributed by atoms with van der Waals surface area (Å²) < 4.78 is 5.67. The average molecular weight is 612 g/mol. The maximum Gasteiger partial charge on any atom is 0.275 e. The lowest BCUT2D eigenvalue weighted by molar-refractivity contribution is -0.134. The molecule has 1 atom stereocenters. The number of rotatable bonds is 10. The first-order valence-corrected chi connectivity index (χ1v) is 16.4. The van der Waals surface area contributed by atoms with E-state index in [0.29, 0.717) is 30.3 Å². The smallest absolute Gasteiger partial charge is 0.275 e. The van der Waals surface area contributed by atoms with Crippen LogP contribution in [-0.4, -0.2) is 41.2 Å². The summed E-state index contributed by atoms with van der Waals surface area (Å²) in [6.07, 6.45) is 7.10. The average Bonchev–Trinajstić information content (AvgIpc) is 3.23. The third-order valence-electron chi connectivity index (χ3n) is 9.50. The predicted octanol–water partition coefficient (Wildman–Crippen LogP) is 8.25. The van der Waals surface area contributed by atoms with Crippen molar-refractivity contribution in [2.45, 2.75) is 98.7 Å². The first-order valence-electron chi connectivity index (χ1n) is 16.4. The number of nitrogens with one attached hydrogen (secondary N) is 1. The molecule has 240 valence electrons. The molecule has 1 N–H and O–H groups in total. The van der Waals surface area contributed by atoms with Crippen LogP contribution >= 0.6 is 0 Å². The van der Waals surface area contributed by atoms with Crippen LogP contribution in [0, 0.1) is 16.7 Å². The van der Waals surface area contributed by atoms with Crippen LogP contribution in [0.4, 0.5) is 0 Å². The van der Waals surface area contributed by atoms with Crippen LogP contribution in [0.15, 0.2) is 75.6 Å². The van der Waals surface area contributed by atoms with Crippen molar-refractivity contribution in [1.82, 2.24) is 10.2 Å². The van der Waals surface area contributed by atoms with E-state index in [0.717, 1.165) is 61.1 Å². The molecule has 1 spiro atoms. The van der Waals surface area contributed by atoms with Crippen molar-refractivity contribution in [3.63, 3.8) is 0 Å². The molecular weight excluding hydrogens is 562 g/mol. The summed E-state index contributed by atoms with van der Waals surface area (Å²) in [4.78, 5) is 35.0. The minimum Gasteiger partial charge on any atom is -0.494 e. The Morgan fingerprint density at radius 2 is 1.67 bits per heavy atom. The molecule has 8 heteroatoms. The monoisotopic (exact) mass is 611 g/mol. The lowest BCUT2D eigenvalue weighted by atomic mass is 9.69. The second kappa shape index (κ2) is 12.9. The molecule has 2 heterocycles. The molecule has 0 radical (unpaired) electrons. The first-order chi connectivity index (χ1) is 21.3. The van der Waals surface area contributed by atoms with Crippen molar-refractivity contribution in [2.24, 2.45) is 32.0 Å². The van der Waals surface area contributed by atoms with Gasteiger partial charge in [0.2, 0.25) is 0 Å². The van der Waals surface area contributed by atoms with Gasteiger partial charge in [0.05, 0.1) is 25.4 Å². The van der Waals surface area contributed by atoms with E-state index in [1.165, 1.54) is 0 Å². The Morgan fingerprint density at radius 1 is 1.02 bits per heavy atom. The van der Waals surface area contributed by atoms with Gasteiger partial charge in [0.25, 0.3) is 11.8 Å². The van der Waals surface area contributed by atoms with Gasteiger partial charge in [0.15, 0.2) is 0 Å². The van der Waals surface area contributed by atoms with Crippen molar-refractivity contribution >= 4 is 17.5 Å². The van der Waals surface area contributed by atoms with Crippen molar-refractivity contribution in [1.29, 1.82) is 0 Å². The molecule has 1 aliphatic carbocycles. The lowest BCUT2D eigenvalue weighted by Crippen LogP contribution is -2.51. The van der Waals surface area contributed by atoms with E-state index >= 15 is 0 Å². The van der Waals surface area contributed by atoms with Crippen LogP contribution in [0.2, 0.25) is 0 Å². The highest BCUT2D eigenvalue weighted by Crippen LogP contribution is 2.50. The highest BCUT2D eigenvalue weighted by Gasteiger charge is 2.52. The minimum atomic E-state index is -0.601. The molecule has 0 saturated heterocycles. The van der Waals surface area contributed by atoms with Crippen LogP contribution in [0.3, 0.4) is 0 Å². The van der Waals surface area contributed by atoms with Gasteiger partial charge in [-0.3, -0.25) is 14.6 Å². The normalized spacial score (nSPS) is 22.2. The largest absolute Gasteiger partial charge is 0.494 e. The van der Waals surface area contributed by atoms with Gasteiger partial charge in [-0.2, -0.15) is 10.2 Å². The molecule has 0 bridgehead atoms. The molecule has 2 amide bonds. The van der Waals surface area contributed by atoms with Gasteiger partial charge in [-0.05, 0) is 104 Å². The Kier molecular flexibility index (Phi) is 9.33. The fourth-order valence-corrected chi connectivity index (χ4v) is 6.77. The van der Waals surface area contributed by atoms with Gasteiger partial charge in [-0.15, -0.1) is 0 Å². The first kappa shape index (κ1) is 32.6. The molecule has 1 saturated carbocycles. The fraction of sp³-hybridized carbons (Fsp3) is 0.541. The number of ether oxygens (including phenoxy) is 1. The number of aliphatic imine (C=N–C) groups is 1. The van der Waals surface area contributed by atoms with Gasteiger partial charge in [0.1, 0.15) is 22.8 Å². The highest BCUT2D eigenvalue weighted by atomic mass is 16.5. The second-order valence-corrected chi connectivity index (χ2v) is 15.0. The topological polar surface area (TPSA) is 95.7 Å². The SMILES string of the molecule is CCOc1ccc(C2=NC3(CCC(C(C)(C)C)CC3)N(C(CCC(C)(C)C)c3ccc(C(=O)NCC4=CN=N4)cc3)C2=O)cc1. The molecule has 0 aromatic heterocycles. The van der Waals surface area contributed by atoms with Gasteiger partial charge < -0.3 is 15.0 Å². The van der Waals surface area contributed by atoms with E-state index in [9.17, 15) is 9.59 Å². The van der Waals surface area contributed by atoms with Crippen LogP contribution in [-0.2, 0) is 4.79 Å². The van der Waals surface area contributed by atoms with Crippen molar-refractivity contribution < 1.29 is 14.3 Å². The van der Waals surface area contributed by atoms with E-state index in [1.54, 1.807) is 6.20 Å². The molecule has 3 aliphatic rings. The molecule has 1 fully saturated rings. The van der Waals surface area contributed by atoms with Crippen molar-refractivity contribution in [3.05, 3.63) is 77.1 Å². The number of nitrogens with zero attached hydrogens (tertiary/aromatic N) is 4. The number of benzene rings is 2. The van der Waals surface area contributed by atoms with Crippen LogP contribution in [0.25, 0.3) is 0 Å². The Bertz CT molecular complexity index is 1470. The van der Waals surface area contributed by atoms with Crippen LogP contribution in [0.1, 0.15) is 115 Å². The Labute approximate surface area is 268 Å². The summed E-state index contributed by atoms with van der Waals surface area (Å²) in [5.41, 5.74) is 3.41. The van der Waals surface area contributed by atoms with Gasteiger partial charge in [-0.25, -0.2) is 0 Å². The maximum absolute atomic E-state index is 14.6. The Morgan fingerprint density at radius 3 is 2.20 bits per heavy atom.